The zero-order chi connectivity index (χ0) is 8.10. The first kappa shape index (κ1) is 8.08. The quantitative estimate of drug-likeness (QED) is 0.707. The molecule has 1 aromatic carbocycles. The van der Waals surface area contributed by atoms with E-state index in [-0.39, 0.29) is 6.61 Å². The van der Waals surface area contributed by atoms with E-state index in [9.17, 15) is 0 Å². The van der Waals surface area contributed by atoms with Gasteiger partial charge in [0.1, 0.15) is 5.75 Å². The Morgan fingerprint density at radius 3 is 3.00 bits per heavy atom. The zero-order valence-corrected chi connectivity index (χ0v) is 6.50. The highest BCUT2D eigenvalue weighted by Crippen LogP contribution is 2.12. The van der Waals surface area contributed by atoms with Crippen LogP contribution in [0.25, 0.3) is 0 Å². The molecule has 0 aliphatic heterocycles. The van der Waals surface area contributed by atoms with Crippen LogP contribution in [0.1, 0.15) is 12.5 Å². The minimum Gasteiger partial charge on any atom is -0.494 e. The molecule has 1 aromatic rings. The van der Waals surface area contributed by atoms with Crippen molar-refractivity contribution in [1.82, 2.24) is 0 Å². The van der Waals surface area contributed by atoms with Crippen molar-refractivity contribution in [2.24, 2.45) is 0 Å². The first-order valence-corrected chi connectivity index (χ1v) is 3.60. The molecule has 0 bridgehead atoms. The Morgan fingerprint density at radius 1 is 1.55 bits per heavy atom. The predicted molar refractivity (Wildman–Crippen MR) is 42.4 cm³/mol. The molecule has 0 atom stereocenters. The van der Waals surface area contributed by atoms with Crippen molar-refractivity contribution in [3.63, 3.8) is 0 Å². The maximum atomic E-state index is 8.75. The topological polar surface area (TPSA) is 29.5 Å². The van der Waals surface area contributed by atoms with Gasteiger partial charge in [0, 0.05) is 0 Å². The summed E-state index contributed by atoms with van der Waals surface area (Å²) < 4.78 is 5.21. The van der Waals surface area contributed by atoms with Crippen LogP contribution in [-0.4, -0.2) is 11.7 Å². The molecule has 0 spiro atoms. The minimum absolute atomic E-state index is 0.0391. The molecule has 0 aliphatic rings. The second-order valence-corrected chi connectivity index (χ2v) is 2.17. The number of benzene rings is 1. The van der Waals surface area contributed by atoms with Gasteiger partial charge < -0.3 is 9.84 Å². The SMILES string of the molecule is CCOc1c[c]cc(CO)c1. The third-order valence-electron chi connectivity index (χ3n) is 1.32. The lowest BCUT2D eigenvalue weighted by Gasteiger charge is -2.02. The predicted octanol–water partition coefficient (Wildman–Crippen LogP) is 1.38. The average Bonchev–Trinajstić information content (AvgIpc) is 2.06. The largest absolute Gasteiger partial charge is 0.494 e. The van der Waals surface area contributed by atoms with Crippen LogP contribution < -0.4 is 4.74 Å². The summed E-state index contributed by atoms with van der Waals surface area (Å²) >= 11 is 0. The van der Waals surface area contributed by atoms with Gasteiger partial charge in [0.25, 0.3) is 0 Å². The average molecular weight is 151 g/mol. The number of aliphatic hydroxyl groups is 1. The van der Waals surface area contributed by atoms with Gasteiger partial charge in [0.15, 0.2) is 0 Å². The van der Waals surface area contributed by atoms with E-state index in [0.29, 0.717) is 6.61 Å². The molecule has 0 aromatic heterocycles. The highest BCUT2D eigenvalue weighted by molar-refractivity contribution is 5.27. The molecule has 11 heavy (non-hydrogen) atoms. The highest BCUT2D eigenvalue weighted by Gasteiger charge is 1.93. The Morgan fingerprint density at radius 2 is 2.36 bits per heavy atom. The maximum Gasteiger partial charge on any atom is 0.120 e. The summed E-state index contributed by atoms with van der Waals surface area (Å²) in [5.74, 6) is 0.763. The van der Waals surface area contributed by atoms with Crippen molar-refractivity contribution < 1.29 is 9.84 Å². The van der Waals surface area contributed by atoms with Crippen LogP contribution in [0.4, 0.5) is 0 Å². The summed E-state index contributed by atoms with van der Waals surface area (Å²) in [6.07, 6.45) is 0. The van der Waals surface area contributed by atoms with Gasteiger partial charge in [-0.05, 0) is 36.8 Å². The normalized spacial score (nSPS) is 9.64. The van der Waals surface area contributed by atoms with Gasteiger partial charge >= 0.3 is 0 Å². The second-order valence-electron chi connectivity index (χ2n) is 2.17. The molecule has 2 nitrogen and oxygen atoms in total. The summed E-state index contributed by atoms with van der Waals surface area (Å²) in [5.41, 5.74) is 0.830. The molecular weight excluding hydrogens is 140 g/mol. The van der Waals surface area contributed by atoms with Gasteiger partial charge in [-0.3, -0.25) is 0 Å². The van der Waals surface area contributed by atoms with Gasteiger partial charge in [-0.1, -0.05) is 0 Å². The summed E-state index contributed by atoms with van der Waals surface area (Å²) in [4.78, 5) is 0. The molecule has 1 N–H and O–H groups in total. The van der Waals surface area contributed by atoms with Crippen molar-refractivity contribution in [3.05, 3.63) is 29.8 Å². The van der Waals surface area contributed by atoms with Crippen molar-refractivity contribution in [1.29, 1.82) is 0 Å². The zero-order valence-electron chi connectivity index (χ0n) is 6.50. The monoisotopic (exact) mass is 151 g/mol. The van der Waals surface area contributed by atoms with Crippen molar-refractivity contribution >= 4 is 0 Å². The summed E-state index contributed by atoms with van der Waals surface area (Å²) in [6.45, 7) is 2.60. The van der Waals surface area contributed by atoms with E-state index >= 15 is 0 Å². The van der Waals surface area contributed by atoms with Crippen LogP contribution in [0, 0.1) is 6.07 Å². The van der Waals surface area contributed by atoms with E-state index in [0.717, 1.165) is 11.3 Å². The van der Waals surface area contributed by atoms with Crippen molar-refractivity contribution in [3.8, 4) is 5.75 Å². The molecule has 0 aliphatic carbocycles. The third kappa shape index (κ3) is 2.24. The Balaban J connectivity index is 2.74. The Bertz CT molecular complexity index is 221. The van der Waals surface area contributed by atoms with Gasteiger partial charge in [-0.15, -0.1) is 0 Å². The summed E-state index contributed by atoms with van der Waals surface area (Å²) in [5, 5.41) is 8.75. The van der Waals surface area contributed by atoms with Crippen LogP contribution in [0.2, 0.25) is 0 Å². The highest BCUT2D eigenvalue weighted by atomic mass is 16.5. The fraction of sp³-hybridized carbons (Fsp3) is 0.333. The summed E-state index contributed by atoms with van der Waals surface area (Å²) in [6, 6.07) is 8.18. The molecule has 0 fully saturated rings. The van der Waals surface area contributed by atoms with Gasteiger partial charge in [0.05, 0.1) is 13.2 Å². The summed E-state index contributed by atoms with van der Waals surface area (Å²) in [7, 11) is 0. The fourth-order valence-electron chi connectivity index (χ4n) is 0.838. The Labute approximate surface area is 66.4 Å². The lowest BCUT2D eigenvalue weighted by Crippen LogP contribution is -1.92. The van der Waals surface area contributed by atoms with E-state index in [1.54, 1.807) is 18.2 Å². The first-order chi connectivity index (χ1) is 5.36. The number of ether oxygens (including phenoxy) is 1. The molecule has 0 amide bonds. The van der Waals surface area contributed by atoms with E-state index in [1.807, 2.05) is 6.92 Å². The molecule has 1 rings (SSSR count). The van der Waals surface area contributed by atoms with Gasteiger partial charge in [0.2, 0.25) is 0 Å². The molecule has 0 unspecified atom stereocenters. The number of hydrogen-bond donors (Lipinski definition) is 1. The van der Waals surface area contributed by atoms with E-state index in [2.05, 4.69) is 6.07 Å². The second kappa shape index (κ2) is 3.98. The number of hydrogen-bond acceptors (Lipinski definition) is 2. The Kier molecular flexibility index (Phi) is 2.93. The standard InChI is InChI=1S/C9H11O2/c1-2-11-9-5-3-4-8(6-9)7-10/h4-6,10H,2,7H2,1H3. The molecule has 1 radical (unpaired) electrons. The van der Waals surface area contributed by atoms with Crippen LogP contribution in [-0.2, 0) is 6.61 Å². The molecule has 0 saturated heterocycles. The maximum absolute atomic E-state index is 8.75. The van der Waals surface area contributed by atoms with E-state index in [1.165, 1.54) is 0 Å². The lowest BCUT2D eigenvalue weighted by molar-refractivity contribution is 0.280. The van der Waals surface area contributed by atoms with Crippen LogP contribution in [0.5, 0.6) is 5.75 Å². The van der Waals surface area contributed by atoms with Crippen LogP contribution in [0.15, 0.2) is 18.2 Å². The van der Waals surface area contributed by atoms with E-state index < -0.39 is 0 Å². The Hall–Kier alpha value is -1.02. The van der Waals surface area contributed by atoms with Crippen molar-refractivity contribution in [2.45, 2.75) is 13.5 Å². The molecule has 59 valence electrons. The van der Waals surface area contributed by atoms with E-state index in [4.69, 9.17) is 9.84 Å². The van der Waals surface area contributed by atoms with Crippen molar-refractivity contribution in [2.75, 3.05) is 6.61 Å². The number of rotatable bonds is 3. The van der Waals surface area contributed by atoms with Crippen LogP contribution in [0.3, 0.4) is 0 Å². The minimum atomic E-state index is 0.0391. The molecular formula is C9H11O2. The molecule has 0 saturated carbocycles. The molecule has 2 heteroatoms. The van der Waals surface area contributed by atoms with Gasteiger partial charge in [-0.2, -0.15) is 0 Å². The third-order valence-corrected chi connectivity index (χ3v) is 1.32. The molecule has 0 heterocycles. The van der Waals surface area contributed by atoms with Crippen LogP contribution >= 0.6 is 0 Å². The number of aliphatic hydroxyl groups excluding tert-OH is 1. The smallest absolute Gasteiger partial charge is 0.120 e. The lowest BCUT2D eigenvalue weighted by atomic mass is 10.2. The fourth-order valence-corrected chi connectivity index (χ4v) is 0.838. The first-order valence-electron chi connectivity index (χ1n) is 3.60. The van der Waals surface area contributed by atoms with Gasteiger partial charge in [-0.25, -0.2) is 0 Å².